The van der Waals surface area contributed by atoms with Gasteiger partial charge >= 0.3 is 0 Å². The van der Waals surface area contributed by atoms with Crippen molar-refractivity contribution < 1.29 is 0 Å². The van der Waals surface area contributed by atoms with Gasteiger partial charge in [0.1, 0.15) is 0 Å². The third-order valence-electron chi connectivity index (χ3n) is 3.92. The Morgan fingerprint density at radius 3 is 2.70 bits per heavy atom. The number of nitrogens with zero attached hydrogens (tertiary/aromatic N) is 2. The fraction of sp³-hybridized carbons (Fsp3) is 0.438. The van der Waals surface area contributed by atoms with E-state index in [-0.39, 0.29) is 0 Å². The number of rotatable bonds is 3. The van der Waals surface area contributed by atoms with E-state index in [0.29, 0.717) is 5.13 Å². The van der Waals surface area contributed by atoms with Gasteiger partial charge in [0.2, 0.25) is 0 Å². The van der Waals surface area contributed by atoms with Crippen LogP contribution >= 0.6 is 11.3 Å². The third kappa shape index (κ3) is 2.72. The number of nitrogen functional groups attached to an aromatic ring is 1. The minimum absolute atomic E-state index is 0.675. The number of aromatic nitrogens is 1. The number of thiazole rings is 1. The van der Waals surface area contributed by atoms with Gasteiger partial charge in [-0.3, -0.25) is 4.90 Å². The quantitative estimate of drug-likeness (QED) is 0.937. The molecule has 2 N–H and O–H groups in total. The van der Waals surface area contributed by atoms with Gasteiger partial charge in [-0.15, -0.1) is 11.3 Å². The van der Waals surface area contributed by atoms with Gasteiger partial charge in [0, 0.05) is 17.0 Å². The summed E-state index contributed by atoms with van der Waals surface area (Å²) in [6, 6.07) is 6.54. The number of anilines is 1. The smallest absolute Gasteiger partial charge is 0.180 e. The molecule has 0 atom stereocenters. The molecule has 0 spiro atoms. The molecule has 0 bridgehead atoms. The van der Waals surface area contributed by atoms with E-state index < -0.39 is 0 Å². The zero-order valence-electron chi connectivity index (χ0n) is 12.1. The van der Waals surface area contributed by atoms with Crippen molar-refractivity contribution in [3.8, 4) is 11.3 Å². The Labute approximate surface area is 124 Å². The molecule has 20 heavy (non-hydrogen) atoms. The number of nitrogens with two attached hydrogens (primary N) is 1. The molecule has 4 heteroatoms. The molecule has 1 fully saturated rings. The van der Waals surface area contributed by atoms with E-state index in [1.54, 1.807) is 11.3 Å². The van der Waals surface area contributed by atoms with Crippen LogP contribution in [0.2, 0.25) is 0 Å². The first-order valence-electron chi connectivity index (χ1n) is 7.18. The summed E-state index contributed by atoms with van der Waals surface area (Å²) < 4.78 is 0. The average molecular weight is 287 g/mol. The fourth-order valence-electron chi connectivity index (χ4n) is 2.91. The maximum Gasteiger partial charge on any atom is 0.180 e. The zero-order chi connectivity index (χ0) is 14.1. The molecule has 0 radical (unpaired) electrons. The normalized spacial score (nSPS) is 15.9. The summed E-state index contributed by atoms with van der Waals surface area (Å²) >= 11 is 1.63. The van der Waals surface area contributed by atoms with E-state index >= 15 is 0 Å². The molecule has 1 saturated heterocycles. The lowest BCUT2D eigenvalue weighted by Gasteiger charge is -2.14. The average Bonchev–Trinajstić information content (AvgIpc) is 3.00. The molecular formula is C16H21N3S. The van der Waals surface area contributed by atoms with Crippen LogP contribution in [0.3, 0.4) is 0 Å². The molecule has 0 amide bonds. The standard InChI is InChI=1S/C16H21N3S/c1-11-5-6-13(12(2)9-11)15-14(20-16(17)18-15)10-19-7-3-4-8-19/h5-6,9H,3-4,7-8,10H2,1-2H3,(H2,17,18). The largest absolute Gasteiger partial charge is 0.375 e. The Hall–Kier alpha value is -1.39. The van der Waals surface area contributed by atoms with Crippen LogP contribution in [-0.2, 0) is 6.54 Å². The molecule has 3 nitrogen and oxygen atoms in total. The van der Waals surface area contributed by atoms with Crippen LogP contribution < -0.4 is 5.73 Å². The van der Waals surface area contributed by atoms with Crippen molar-refractivity contribution in [2.24, 2.45) is 0 Å². The Balaban J connectivity index is 1.95. The van der Waals surface area contributed by atoms with Gasteiger partial charge in [-0.1, -0.05) is 23.8 Å². The van der Waals surface area contributed by atoms with E-state index in [9.17, 15) is 0 Å². The van der Waals surface area contributed by atoms with Crippen molar-refractivity contribution in [2.75, 3.05) is 18.8 Å². The summed E-state index contributed by atoms with van der Waals surface area (Å²) in [4.78, 5) is 8.39. The molecule has 0 unspecified atom stereocenters. The summed E-state index contributed by atoms with van der Waals surface area (Å²) in [5.74, 6) is 0. The predicted molar refractivity (Wildman–Crippen MR) is 85.9 cm³/mol. The maximum atomic E-state index is 5.96. The van der Waals surface area contributed by atoms with Crippen molar-refractivity contribution in [3.63, 3.8) is 0 Å². The first-order chi connectivity index (χ1) is 9.63. The van der Waals surface area contributed by atoms with E-state index in [1.165, 1.54) is 47.5 Å². The third-order valence-corrected chi connectivity index (χ3v) is 4.79. The van der Waals surface area contributed by atoms with Gasteiger partial charge in [-0.05, 0) is 45.3 Å². The lowest BCUT2D eigenvalue weighted by atomic mass is 10.0. The number of aryl methyl sites for hydroxylation is 2. The molecule has 2 heterocycles. The Morgan fingerprint density at radius 2 is 2.00 bits per heavy atom. The van der Waals surface area contributed by atoms with Gasteiger partial charge in [0.25, 0.3) is 0 Å². The van der Waals surface area contributed by atoms with Gasteiger partial charge < -0.3 is 5.73 Å². The number of benzene rings is 1. The fourth-order valence-corrected chi connectivity index (χ4v) is 3.80. The lowest BCUT2D eigenvalue weighted by molar-refractivity contribution is 0.334. The summed E-state index contributed by atoms with van der Waals surface area (Å²) in [5, 5.41) is 0.675. The highest BCUT2D eigenvalue weighted by molar-refractivity contribution is 7.15. The van der Waals surface area contributed by atoms with Crippen LogP contribution in [0.5, 0.6) is 0 Å². The second kappa shape index (κ2) is 5.54. The summed E-state index contributed by atoms with van der Waals surface area (Å²) in [6.45, 7) is 7.65. The first kappa shape index (κ1) is 13.6. The van der Waals surface area contributed by atoms with Gasteiger partial charge in [0.05, 0.1) is 5.69 Å². The lowest BCUT2D eigenvalue weighted by Crippen LogP contribution is -2.18. The molecular weight excluding hydrogens is 266 g/mol. The highest BCUT2D eigenvalue weighted by atomic mass is 32.1. The van der Waals surface area contributed by atoms with Gasteiger partial charge in [-0.25, -0.2) is 4.98 Å². The van der Waals surface area contributed by atoms with E-state index in [0.717, 1.165) is 12.2 Å². The second-order valence-corrected chi connectivity index (χ2v) is 6.74. The summed E-state index contributed by atoms with van der Waals surface area (Å²) in [5.41, 5.74) is 10.8. The van der Waals surface area contributed by atoms with Crippen LogP contribution in [-0.4, -0.2) is 23.0 Å². The van der Waals surface area contributed by atoms with Crippen molar-refractivity contribution in [1.29, 1.82) is 0 Å². The van der Waals surface area contributed by atoms with Crippen LogP contribution in [0.15, 0.2) is 18.2 Å². The minimum atomic E-state index is 0.675. The second-order valence-electron chi connectivity index (χ2n) is 5.63. The van der Waals surface area contributed by atoms with E-state index in [4.69, 9.17) is 5.73 Å². The zero-order valence-corrected chi connectivity index (χ0v) is 13.0. The molecule has 1 aromatic carbocycles. The first-order valence-corrected chi connectivity index (χ1v) is 8.00. The van der Waals surface area contributed by atoms with Crippen LogP contribution in [0.1, 0.15) is 28.8 Å². The Kier molecular flexibility index (Phi) is 3.76. The van der Waals surface area contributed by atoms with Gasteiger partial charge in [-0.2, -0.15) is 0 Å². The Morgan fingerprint density at radius 1 is 1.25 bits per heavy atom. The maximum absolute atomic E-state index is 5.96. The van der Waals surface area contributed by atoms with Crippen LogP contribution in [0.4, 0.5) is 5.13 Å². The van der Waals surface area contributed by atoms with Crippen LogP contribution in [0.25, 0.3) is 11.3 Å². The molecule has 0 saturated carbocycles. The number of hydrogen-bond donors (Lipinski definition) is 1. The Bertz CT molecular complexity index is 612. The van der Waals surface area contributed by atoms with Gasteiger partial charge in [0.15, 0.2) is 5.13 Å². The van der Waals surface area contributed by atoms with E-state index in [2.05, 4.69) is 41.9 Å². The topological polar surface area (TPSA) is 42.1 Å². The molecule has 1 aromatic heterocycles. The molecule has 1 aliphatic heterocycles. The molecule has 1 aliphatic rings. The van der Waals surface area contributed by atoms with Crippen molar-refractivity contribution >= 4 is 16.5 Å². The highest BCUT2D eigenvalue weighted by Crippen LogP contribution is 2.33. The monoisotopic (exact) mass is 287 g/mol. The van der Waals surface area contributed by atoms with Crippen molar-refractivity contribution in [2.45, 2.75) is 33.2 Å². The number of likely N-dealkylation sites (tertiary alicyclic amines) is 1. The van der Waals surface area contributed by atoms with Crippen LogP contribution in [0, 0.1) is 13.8 Å². The minimum Gasteiger partial charge on any atom is -0.375 e. The predicted octanol–water partition coefficient (Wildman–Crippen LogP) is 3.60. The molecule has 2 aromatic rings. The SMILES string of the molecule is Cc1ccc(-c2nc(N)sc2CN2CCCC2)c(C)c1. The summed E-state index contributed by atoms with van der Waals surface area (Å²) in [6.07, 6.45) is 2.63. The number of hydrogen-bond acceptors (Lipinski definition) is 4. The molecule has 106 valence electrons. The molecule has 0 aliphatic carbocycles. The van der Waals surface area contributed by atoms with Crippen molar-refractivity contribution in [3.05, 3.63) is 34.2 Å². The molecule has 3 rings (SSSR count). The van der Waals surface area contributed by atoms with E-state index in [1.807, 2.05) is 0 Å². The van der Waals surface area contributed by atoms with Crippen molar-refractivity contribution in [1.82, 2.24) is 9.88 Å². The summed E-state index contributed by atoms with van der Waals surface area (Å²) in [7, 11) is 0. The highest BCUT2D eigenvalue weighted by Gasteiger charge is 2.18.